The second-order valence-electron chi connectivity index (χ2n) is 3.44. The summed E-state index contributed by atoms with van der Waals surface area (Å²) in [5.41, 5.74) is 1.17. The maximum Gasteiger partial charge on any atom is 0.0490 e. The zero-order valence-corrected chi connectivity index (χ0v) is 8.44. The molecule has 1 aromatic heterocycles. The number of aromatic nitrogens is 2. The van der Waals surface area contributed by atoms with Crippen LogP contribution in [0.25, 0.3) is 0 Å². The minimum Gasteiger partial charge on any atom is -0.311 e. The van der Waals surface area contributed by atoms with Gasteiger partial charge >= 0.3 is 0 Å². The number of nitrogens with one attached hydrogen (secondary N) is 2. The summed E-state index contributed by atoms with van der Waals surface area (Å²) in [4.78, 5) is 0. The van der Waals surface area contributed by atoms with Crippen LogP contribution in [-0.2, 0) is 6.54 Å². The van der Waals surface area contributed by atoms with Crippen molar-refractivity contribution < 1.29 is 0 Å². The van der Waals surface area contributed by atoms with Gasteiger partial charge in [-0.3, -0.25) is 5.10 Å². The lowest BCUT2D eigenvalue weighted by atomic mass is 10.1. The molecule has 0 radical (unpaired) electrons. The van der Waals surface area contributed by atoms with Crippen LogP contribution in [0, 0.1) is 5.92 Å². The van der Waals surface area contributed by atoms with Gasteiger partial charge in [0.25, 0.3) is 0 Å². The van der Waals surface area contributed by atoms with E-state index in [4.69, 9.17) is 0 Å². The zero-order valence-electron chi connectivity index (χ0n) is 7.62. The van der Waals surface area contributed by atoms with E-state index >= 15 is 0 Å². The smallest absolute Gasteiger partial charge is 0.0490 e. The molecule has 1 aliphatic heterocycles. The molecule has 13 heavy (non-hydrogen) atoms. The summed E-state index contributed by atoms with van der Waals surface area (Å²) in [5.74, 6) is 3.56. The zero-order chi connectivity index (χ0) is 8.93. The van der Waals surface area contributed by atoms with Gasteiger partial charge in [-0.2, -0.15) is 16.9 Å². The molecule has 1 fully saturated rings. The Labute approximate surface area is 82.7 Å². The van der Waals surface area contributed by atoms with E-state index in [0.717, 1.165) is 19.0 Å². The van der Waals surface area contributed by atoms with Crippen LogP contribution < -0.4 is 5.32 Å². The van der Waals surface area contributed by atoms with E-state index in [0.29, 0.717) is 0 Å². The standard InChI is InChI=1S/C9H15N3S/c1-3-11-12-9(1)6-10-5-8-2-4-13-7-8/h1,3,8,10H,2,4-7H2,(H,11,12). The van der Waals surface area contributed by atoms with E-state index in [-0.39, 0.29) is 0 Å². The van der Waals surface area contributed by atoms with E-state index < -0.39 is 0 Å². The van der Waals surface area contributed by atoms with Gasteiger partial charge in [-0.1, -0.05) is 0 Å². The summed E-state index contributed by atoms with van der Waals surface area (Å²) in [6, 6.07) is 2.01. The second-order valence-corrected chi connectivity index (χ2v) is 4.59. The van der Waals surface area contributed by atoms with E-state index in [1.165, 1.54) is 23.6 Å². The number of rotatable bonds is 4. The number of H-pyrrole nitrogens is 1. The van der Waals surface area contributed by atoms with E-state index in [9.17, 15) is 0 Å². The molecule has 3 nitrogen and oxygen atoms in total. The average molecular weight is 197 g/mol. The van der Waals surface area contributed by atoms with Crippen LogP contribution in [0.5, 0.6) is 0 Å². The fraction of sp³-hybridized carbons (Fsp3) is 0.667. The Morgan fingerprint density at radius 2 is 2.69 bits per heavy atom. The van der Waals surface area contributed by atoms with Gasteiger partial charge in [0.05, 0.1) is 0 Å². The highest BCUT2D eigenvalue weighted by Crippen LogP contribution is 2.22. The molecule has 1 aliphatic rings. The molecule has 2 heterocycles. The lowest BCUT2D eigenvalue weighted by Gasteiger charge is -2.08. The Morgan fingerprint density at radius 3 is 3.38 bits per heavy atom. The van der Waals surface area contributed by atoms with Gasteiger partial charge in [0.1, 0.15) is 0 Å². The van der Waals surface area contributed by atoms with Crippen LogP contribution in [0.1, 0.15) is 12.1 Å². The fourth-order valence-electron chi connectivity index (χ4n) is 1.54. The first-order chi connectivity index (χ1) is 6.45. The lowest BCUT2D eigenvalue weighted by Crippen LogP contribution is -2.22. The lowest BCUT2D eigenvalue weighted by molar-refractivity contribution is 0.520. The summed E-state index contributed by atoms with van der Waals surface area (Å²) in [6.45, 7) is 2.06. The Bertz CT molecular complexity index is 229. The summed E-state index contributed by atoms with van der Waals surface area (Å²) in [7, 11) is 0. The van der Waals surface area contributed by atoms with Crippen LogP contribution in [0.15, 0.2) is 12.3 Å². The van der Waals surface area contributed by atoms with Crippen LogP contribution >= 0.6 is 11.8 Å². The minimum atomic E-state index is 0.882. The van der Waals surface area contributed by atoms with E-state index in [1.54, 1.807) is 6.20 Å². The number of thioether (sulfide) groups is 1. The molecule has 72 valence electrons. The van der Waals surface area contributed by atoms with Crippen molar-refractivity contribution in [2.75, 3.05) is 18.1 Å². The first-order valence-electron chi connectivity index (χ1n) is 4.72. The van der Waals surface area contributed by atoms with E-state index in [1.807, 2.05) is 6.07 Å². The third-order valence-electron chi connectivity index (χ3n) is 2.33. The second kappa shape index (κ2) is 4.67. The summed E-state index contributed by atoms with van der Waals surface area (Å²) in [6.07, 6.45) is 3.17. The van der Waals surface area contributed by atoms with Crippen LogP contribution in [0.4, 0.5) is 0 Å². The van der Waals surface area contributed by atoms with Crippen LogP contribution in [-0.4, -0.2) is 28.2 Å². The number of aromatic amines is 1. The third kappa shape index (κ3) is 2.74. The van der Waals surface area contributed by atoms with Crippen molar-refractivity contribution in [3.63, 3.8) is 0 Å². The molecule has 1 saturated heterocycles. The predicted octanol–water partition coefficient (Wildman–Crippen LogP) is 1.25. The van der Waals surface area contributed by atoms with Crippen LogP contribution in [0.2, 0.25) is 0 Å². The number of hydrogen-bond acceptors (Lipinski definition) is 3. The monoisotopic (exact) mass is 197 g/mol. The first kappa shape index (κ1) is 9.09. The van der Waals surface area contributed by atoms with Gasteiger partial charge in [0.2, 0.25) is 0 Å². The Kier molecular flexibility index (Phi) is 3.27. The maximum atomic E-state index is 3.90. The highest BCUT2D eigenvalue weighted by atomic mass is 32.2. The highest BCUT2D eigenvalue weighted by molar-refractivity contribution is 7.99. The molecule has 4 heteroatoms. The number of nitrogens with zero attached hydrogens (tertiary/aromatic N) is 1. The molecule has 0 bridgehead atoms. The van der Waals surface area contributed by atoms with Gasteiger partial charge < -0.3 is 5.32 Å². The van der Waals surface area contributed by atoms with Gasteiger partial charge in [-0.05, 0) is 36.5 Å². The van der Waals surface area contributed by atoms with Crippen molar-refractivity contribution in [3.05, 3.63) is 18.0 Å². The van der Waals surface area contributed by atoms with Gasteiger partial charge in [-0.25, -0.2) is 0 Å². The molecule has 1 unspecified atom stereocenters. The number of hydrogen-bond donors (Lipinski definition) is 2. The molecular weight excluding hydrogens is 182 g/mol. The largest absolute Gasteiger partial charge is 0.311 e. The Morgan fingerprint density at radius 1 is 1.69 bits per heavy atom. The van der Waals surface area contributed by atoms with Crippen molar-refractivity contribution in [1.82, 2.24) is 15.5 Å². The Balaban J connectivity index is 1.63. The molecule has 1 atom stereocenters. The molecule has 2 rings (SSSR count). The van der Waals surface area contributed by atoms with Crippen molar-refractivity contribution in [1.29, 1.82) is 0 Å². The maximum absolute atomic E-state index is 3.90. The van der Waals surface area contributed by atoms with Gasteiger partial charge in [-0.15, -0.1) is 0 Å². The molecular formula is C9H15N3S. The molecule has 0 aliphatic carbocycles. The quantitative estimate of drug-likeness (QED) is 0.763. The molecule has 2 N–H and O–H groups in total. The van der Waals surface area contributed by atoms with Crippen LogP contribution in [0.3, 0.4) is 0 Å². The third-order valence-corrected chi connectivity index (χ3v) is 3.56. The molecule has 0 amide bonds. The van der Waals surface area contributed by atoms with E-state index in [2.05, 4.69) is 27.3 Å². The van der Waals surface area contributed by atoms with Crippen molar-refractivity contribution >= 4 is 11.8 Å². The topological polar surface area (TPSA) is 40.7 Å². The Hall–Kier alpha value is -0.480. The normalized spacial score (nSPS) is 22.3. The minimum absolute atomic E-state index is 0.882. The molecule has 0 saturated carbocycles. The van der Waals surface area contributed by atoms with Gasteiger partial charge in [0.15, 0.2) is 0 Å². The summed E-state index contributed by atoms with van der Waals surface area (Å²) in [5, 5.41) is 10.3. The highest BCUT2D eigenvalue weighted by Gasteiger charge is 2.14. The molecule has 0 spiro atoms. The average Bonchev–Trinajstić information content (AvgIpc) is 2.75. The summed E-state index contributed by atoms with van der Waals surface area (Å²) < 4.78 is 0. The SMILES string of the molecule is c1cc(CNCC2CCSC2)[nH]n1. The predicted molar refractivity (Wildman–Crippen MR) is 55.7 cm³/mol. The molecule has 1 aromatic rings. The first-order valence-corrected chi connectivity index (χ1v) is 5.87. The fourth-order valence-corrected chi connectivity index (χ4v) is 2.82. The van der Waals surface area contributed by atoms with Crippen molar-refractivity contribution in [2.45, 2.75) is 13.0 Å². The van der Waals surface area contributed by atoms with Gasteiger partial charge in [0, 0.05) is 18.4 Å². The summed E-state index contributed by atoms with van der Waals surface area (Å²) >= 11 is 2.07. The molecule has 0 aromatic carbocycles. The van der Waals surface area contributed by atoms with Crippen molar-refractivity contribution in [3.8, 4) is 0 Å². The van der Waals surface area contributed by atoms with Crippen molar-refractivity contribution in [2.24, 2.45) is 5.92 Å².